The second-order valence-corrected chi connectivity index (χ2v) is 4.46. The number of alkyl halides is 1. The number of aryl methyl sites for hydroxylation is 1. The Morgan fingerprint density at radius 3 is 2.62 bits per heavy atom. The van der Waals surface area contributed by atoms with E-state index in [9.17, 15) is 0 Å². The van der Waals surface area contributed by atoms with Crippen LogP contribution in [-0.4, -0.2) is 28.0 Å². The van der Waals surface area contributed by atoms with Gasteiger partial charge in [-0.15, -0.1) is 10.2 Å². The van der Waals surface area contributed by atoms with E-state index in [1.807, 2.05) is 0 Å². The van der Waals surface area contributed by atoms with Crippen molar-refractivity contribution < 1.29 is 4.74 Å². The third kappa shape index (κ3) is 3.56. The fraction of sp³-hybridized carbons (Fsp3) is 0.818. The first kappa shape index (κ1) is 13.6. The van der Waals surface area contributed by atoms with E-state index in [2.05, 4.69) is 44.5 Å². The maximum Gasteiger partial charge on any atom is 0.143 e. The number of rotatable bonds is 7. The second kappa shape index (κ2) is 7.01. The lowest BCUT2D eigenvalue weighted by molar-refractivity contribution is 0.110. The molecule has 0 saturated carbocycles. The molecule has 0 aliphatic heterocycles. The van der Waals surface area contributed by atoms with Gasteiger partial charge in [0.1, 0.15) is 11.6 Å². The summed E-state index contributed by atoms with van der Waals surface area (Å²) in [6.07, 6.45) is 3.29. The highest BCUT2D eigenvalue weighted by atomic mass is 79.9. The van der Waals surface area contributed by atoms with Crippen molar-refractivity contribution in [3.05, 3.63) is 11.6 Å². The molecular weight excluding hydrogens is 270 g/mol. The van der Waals surface area contributed by atoms with Gasteiger partial charge in [0.2, 0.25) is 0 Å². The molecule has 0 spiro atoms. The Labute approximate surface area is 106 Å². The van der Waals surface area contributed by atoms with Gasteiger partial charge in [0.25, 0.3) is 0 Å². The topological polar surface area (TPSA) is 39.9 Å². The molecule has 0 aliphatic carbocycles. The van der Waals surface area contributed by atoms with Crippen molar-refractivity contribution in [3.63, 3.8) is 0 Å². The normalized spacial score (nSPS) is 13.0. The number of methoxy groups -OCH3 is 1. The zero-order valence-electron chi connectivity index (χ0n) is 10.2. The molecule has 0 fully saturated rings. The van der Waals surface area contributed by atoms with Crippen LogP contribution < -0.4 is 0 Å². The highest BCUT2D eigenvalue weighted by Crippen LogP contribution is 2.10. The van der Waals surface area contributed by atoms with Gasteiger partial charge >= 0.3 is 0 Å². The van der Waals surface area contributed by atoms with Crippen LogP contribution in [0.3, 0.4) is 0 Å². The summed E-state index contributed by atoms with van der Waals surface area (Å²) in [5.41, 5.74) is 0. The molecule has 0 amide bonds. The largest absolute Gasteiger partial charge is 0.382 e. The zero-order chi connectivity index (χ0) is 12.0. The Kier molecular flexibility index (Phi) is 5.98. The van der Waals surface area contributed by atoms with Crippen molar-refractivity contribution in [1.82, 2.24) is 14.8 Å². The van der Waals surface area contributed by atoms with Crippen molar-refractivity contribution in [2.24, 2.45) is 0 Å². The molecule has 0 saturated heterocycles. The smallest absolute Gasteiger partial charge is 0.143 e. The van der Waals surface area contributed by atoms with E-state index in [4.69, 9.17) is 4.74 Å². The summed E-state index contributed by atoms with van der Waals surface area (Å²) in [5.74, 6) is 2.09. The third-order valence-electron chi connectivity index (χ3n) is 2.65. The fourth-order valence-electron chi connectivity index (χ4n) is 1.59. The van der Waals surface area contributed by atoms with Crippen LogP contribution in [0, 0.1) is 0 Å². The van der Waals surface area contributed by atoms with E-state index in [0.717, 1.165) is 42.8 Å². The van der Waals surface area contributed by atoms with E-state index >= 15 is 0 Å². The van der Waals surface area contributed by atoms with Gasteiger partial charge in [-0.1, -0.05) is 22.9 Å². The number of halogens is 1. The van der Waals surface area contributed by atoms with Gasteiger partial charge in [0, 0.05) is 20.1 Å². The van der Waals surface area contributed by atoms with Crippen molar-refractivity contribution in [2.75, 3.05) is 7.11 Å². The van der Waals surface area contributed by atoms with E-state index in [1.165, 1.54) is 0 Å². The van der Waals surface area contributed by atoms with Crippen LogP contribution in [-0.2, 0) is 23.0 Å². The van der Waals surface area contributed by atoms with Crippen LogP contribution in [0.1, 0.15) is 38.3 Å². The number of nitrogens with zero attached hydrogens (tertiary/aromatic N) is 3. The van der Waals surface area contributed by atoms with Crippen LogP contribution in [0.4, 0.5) is 0 Å². The van der Waals surface area contributed by atoms with Gasteiger partial charge in [-0.25, -0.2) is 0 Å². The van der Waals surface area contributed by atoms with Gasteiger partial charge in [-0.2, -0.15) is 0 Å². The maximum atomic E-state index is 5.24. The summed E-state index contributed by atoms with van der Waals surface area (Å²) < 4.78 is 7.44. The lowest BCUT2D eigenvalue weighted by Crippen LogP contribution is -2.11. The summed E-state index contributed by atoms with van der Waals surface area (Å²) in [6, 6.07) is 0. The van der Waals surface area contributed by atoms with Gasteiger partial charge in [0.15, 0.2) is 0 Å². The summed E-state index contributed by atoms with van der Waals surface area (Å²) in [5, 5.41) is 9.19. The zero-order valence-corrected chi connectivity index (χ0v) is 11.8. The molecule has 0 aliphatic rings. The Morgan fingerprint density at radius 2 is 2.06 bits per heavy atom. The standard InChI is InChI=1S/C11H20BrN3O/c1-4-7-15-10(6-5-9(2)16-3)13-14-11(15)8-12/h9H,4-8H2,1-3H3. The van der Waals surface area contributed by atoms with Crippen LogP contribution in [0.15, 0.2) is 0 Å². The SMILES string of the molecule is CCCn1c(CBr)nnc1CCC(C)OC. The molecule has 16 heavy (non-hydrogen) atoms. The predicted octanol–water partition coefficient (Wildman–Crippen LogP) is 2.55. The van der Waals surface area contributed by atoms with Crippen molar-refractivity contribution >= 4 is 15.9 Å². The summed E-state index contributed by atoms with van der Waals surface area (Å²) in [4.78, 5) is 0. The van der Waals surface area contributed by atoms with Crippen molar-refractivity contribution in [3.8, 4) is 0 Å². The lowest BCUT2D eigenvalue weighted by Gasteiger charge is -2.10. The van der Waals surface area contributed by atoms with Gasteiger partial charge in [-0.05, 0) is 19.8 Å². The fourth-order valence-corrected chi connectivity index (χ4v) is 2.00. The monoisotopic (exact) mass is 289 g/mol. The third-order valence-corrected chi connectivity index (χ3v) is 3.15. The highest BCUT2D eigenvalue weighted by molar-refractivity contribution is 9.08. The quantitative estimate of drug-likeness (QED) is 0.725. The van der Waals surface area contributed by atoms with Crippen LogP contribution in [0.2, 0.25) is 0 Å². The Hall–Kier alpha value is -0.420. The first-order valence-corrected chi connectivity index (χ1v) is 6.84. The molecule has 1 heterocycles. The predicted molar refractivity (Wildman–Crippen MR) is 67.7 cm³/mol. The molecule has 1 unspecified atom stereocenters. The van der Waals surface area contributed by atoms with E-state index in [-0.39, 0.29) is 6.10 Å². The number of ether oxygens (including phenoxy) is 1. The first-order valence-electron chi connectivity index (χ1n) is 5.72. The molecule has 1 aromatic heterocycles. The van der Waals surface area contributed by atoms with Crippen LogP contribution in [0.25, 0.3) is 0 Å². The Balaban J connectivity index is 2.67. The van der Waals surface area contributed by atoms with E-state index < -0.39 is 0 Å². The first-order chi connectivity index (χ1) is 7.72. The average molecular weight is 290 g/mol. The minimum absolute atomic E-state index is 0.277. The molecule has 0 aromatic carbocycles. The minimum atomic E-state index is 0.277. The van der Waals surface area contributed by atoms with Crippen LogP contribution >= 0.6 is 15.9 Å². The lowest BCUT2D eigenvalue weighted by atomic mass is 10.2. The highest BCUT2D eigenvalue weighted by Gasteiger charge is 2.11. The molecule has 0 radical (unpaired) electrons. The number of hydrogen-bond acceptors (Lipinski definition) is 3. The van der Waals surface area contributed by atoms with Gasteiger partial charge in [0.05, 0.1) is 11.4 Å². The number of aromatic nitrogens is 3. The maximum absolute atomic E-state index is 5.24. The molecule has 92 valence electrons. The Bertz CT molecular complexity index is 314. The summed E-state index contributed by atoms with van der Waals surface area (Å²) in [6.45, 7) is 5.23. The molecular formula is C11H20BrN3O. The average Bonchev–Trinajstić information content (AvgIpc) is 2.69. The van der Waals surface area contributed by atoms with Crippen molar-refractivity contribution in [2.45, 2.75) is 51.1 Å². The minimum Gasteiger partial charge on any atom is -0.382 e. The summed E-state index contributed by atoms with van der Waals surface area (Å²) in [7, 11) is 1.74. The number of hydrogen-bond donors (Lipinski definition) is 0. The van der Waals surface area contributed by atoms with E-state index in [0.29, 0.717) is 0 Å². The molecule has 5 heteroatoms. The van der Waals surface area contributed by atoms with Gasteiger partial charge < -0.3 is 9.30 Å². The Morgan fingerprint density at radius 1 is 1.38 bits per heavy atom. The van der Waals surface area contributed by atoms with Crippen LogP contribution in [0.5, 0.6) is 0 Å². The summed E-state index contributed by atoms with van der Waals surface area (Å²) >= 11 is 3.44. The molecule has 0 N–H and O–H groups in total. The second-order valence-electron chi connectivity index (χ2n) is 3.90. The van der Waals surface area contributed by atoms with Crippen molar-refractivity contribution in [1.29, 1.82) is 0 Å². The van der Waals surface area contributed by atoms with Gasteiger partial charge in [-0.3, -0.25) is 0 Å². The molecule has 1 rings (SSSR count). The van der Waals surface area contributed by atoms with E-state index in [1.54, 1.807) is 7.11 Å². The molecule has 0 bridgehead atoms. The molecule has 4 nitrogen and oxygen atoms in total. The molecule has 1 atom stereocenters. The molecule has 1 aromatic rings.